The lowest BCUT2D eigenvalue weighted by atomic mass is 10.1. The zero-order valence-electron chi connectivity index (χ0n) is 13.4. The SMILES string of the molecule is Cc1cc(NC2CCN(CCS(C)(=O)=O)CC2)n2ncnc2n1. The summed E-state index contributed by atoms with van der Waals surface area (Å²) >= 11 is 0. The molecule has 1 fully saturated rings. The van der Waals surface area contributed by atoms with Gasteiger partial charge in [0, 0.05) is 43.7 Å². The maximum atomic E-state index is 11.2. The van der Waals surface area contributed by atoms with E-state index in [-0.39, 0.29) is 5.75 Å². The van der Waals surface area contributed by atoms with Crippen molar-refractivity contribution in [3.8, 4) is 0 Å². The number of fused-ring (bicyclic) bond motifs is 1. The van der Waals surface area contributed by atoms with Crippen LogP contribution in [0.1, 0.15) is 18.5 Å². The summed E-state index contributed by atoms with van der Waals surface area (Å²) in [5.74, 6) is 1.73. The lowest BCUT2D eigenvalue weighted by Crippen LogP contribution is -2.41. The molecule has 0 bridgehead atoms. The molecule has 1 aliphatic rings. The van der Waals surface area contributed by atoms with Crippen molar-refractivity contribution in [3.63, 3.8) is 0 Å². The minimum atomic E-state index is -2.89. The predicted molar refractivity (Wildman–Crippen MR) is 88.3 cm³/mol. The number of hydrogen-bond donors (Lipinski definition) is 1. The van der Waals surface area contributed by atoms with Gasteiger partial charge >= 0.3 is 0 Å². The monoisotopic (exact) mass is 338 g/mol. The average molecular weight is 338 g/mol. The molecule has 126 valence electrons. The molecule has 1 saturated heterocycles. The highest BCUT2D eigenvalue weighted by atomic mass is 32.2. The van der Waals surface area contributed by atoms with Gasteiger partial charge in [0.2, 0.25) is 0 Å². The smallest absolute Gasteiger partial charge is 0.254 e. The summed E-state index contributed by atoms with van der Waals surface area (Å²) < 4.78 is 24.2. The number of aromatic nitrogens is 4. The van der Waals surface area contributed by atoms with Crippen LogP contribution in [0, 0.1) is 6.92 Å². The van der Waals surface area contributed by atoms with Crippen molar-refractivity contribution in [2.24, 2.45) is 0 Å². The first kappa shape index (κ1) is 16.1. The molecule has 23 heavy (non-hydrogen) atoms. The van der Waals surface area contributed by atoms with Gasteiger partial charge < -0.3 is 10.2 Å². The lowest BCUT2D eigenvalue weighted by molar-refractivity contribution is 0.230. The van der Waals surface area contributed by atoms with Crippen molar-refractivity contribution < 1.29 is 8.42 Å². The number of nitrogens with zero attached hydrogens (tertiary/aromatic N) is 5. The highest BCUT2D eigenvalue weighted by Gasteiger charge is 2.21. The Bertz CT molecular complexity index is 780. The molecule has 0 amide bonds. The molecule has 1 aliphatic heterocycles. The standard InChI is InChI=1S/C14H22N6O2S/c1-11-9-13(20-14(17-11)15-10-16-20)18-12-3-5-19(6-4-12)7-8-23(2,21)22/h9-10,12,18H,3-8H2,1-2H3. The Morgan fingerprint density at radius 1 is 1.35 bits per heavy atom. The molecule has 2 aromatic rings. The molecule has 0 aliphatic carbocycles. The zero-order valence-corrected chi connectivity index (χ0v) is 14.3. The average Bonchev–Trinajstić information content (AvgIpc) is 2.94. The van der Waals surface area contributed by atoms with Gasteiger partial charge in [-0.05, 0) is 19.8 Å². The van der Waals surface area contributed by atoms with E-state index in [9.17, 15) is 8.42 Å². The topological polar surface area (TPSA) is 92.5 Å². The second-order valence-electron chi connectivity index (χ2n) is 6.14. The largest absolute Gasteiger partial charge is 0.367 e. The Hall–Kier alpha value is -1.74. The van der Waals surface area contributed by atoms with E-state index >= 15 is 0 Å². The second-order valence-corrected chi connectivity index (χ2v) is 8.40. The zero-order chi connectivity index (χ0) is 16.4. The van der Waals surface area contributed by atoms with Crippen LogP contribution in [-0.4, -0.2) is 70.6 Å². The molecule has 0 unspecified atom stereocenters. The van der Waals surface area contributed by atoms with Gasteiger partial charge in [-0.25, -0.2) is 13.4 Å². The minimum Gasteiger partial charge on any atom is -0.367 e. The fourth-order valence-corrected chi connectivity index (χ4v) is 3.43. The van der Waals surface area contributed by atoms with E-state index in [4.69, 9.17) is 0 Å². The summed E-state index contributed by atoms with van der Waals surface area (Å²) in [5, 5.41) is 7.72. The summed E-state index contributed by atoms with van der Waals surface area (Å²) in [4.78, 5) is 10.7. The highest BCUT2D eigenvalue weighted by molar-refractivity contribution is 7.90. The van der Waals surface area contributed by atoms with Crippen molar-refractivity contribution >= 4 is 21.4 Å². The first-order valence-electron chi connectivity index (χ1n) is 7.75. The number of rotatable bonds is 5. The Balaban J connectivity index is 1.59. The number of piperidine rings is 1. The molecule has 3 rings (SSSR count). The van der Waals surface area contributed by atoms with E-state index in [2.05, 4.69) is 25.3 Å². The summed E-state index contributed by atoms with van der Waals surface area (Å²) in [6, 6.07) is 2.32. The third-order valence-electron chi connectivity index (χ3n) is 4.10. The molecule has 0 aromatic carbocycles. The molecule has 9 heteroatoms. The first-order valence-corrected chi connectivity index (χ1v) is 9.81. The maximum Gasteiger partial charge on any atom is 0.254 e. The Kier molecular flexibility index (Phi) is 4.49. The molecule has 0 saturated carbocycles. The van der Waals surface area contributed by atoms with E-state index in [1.54, 1.807) is 4.52 Å². The highest BCUT2D eigenvalue weighted by Crippen LogP contribution is 2.17. The van der Waals surface area contributed by atoms with Crippen molar-refractivity contribution in [3.05, 3.63) is 18.1 Å². The number of likely N-dealkylation sites (tertiary alicyclic amines) is 1. The summed E-state index contributed by atoms with van der Waals surface area (Å²) in [5.41, 5.74) is 0.901. The van der Waals surface area contributed by atoms with Crippen LogP contribution in [0.4, 0.5) is 5.82 Å². The van der Waals surface area contributed by atoms with Crippen molar-refractivity contribution in [2.75, 3.05) is 37.0 Å². The van der Waals surface area contributed by atoms with Crippen LogP contribution in [0.15, 0.2) is 12.4 Å². The van der Waals surface area contributed by atoms with Crippen LogP contribution >= 0.6 is 0 Å². The fourth-order valence-electron chi connectivity index (χ4n) is 2.84. The molecular formula is C14H22N6O2S. The molecule has 0 spiro atoms. The van der Waals surface area contributed by atoms with E-state index in [0.29, 0.717) is 18.4 Å². The van der Waals surface area contributed by atoms with Gasteiger partial charge in [0.1, 0.15) is 22.0 Å². The van der Waals surface area contributed by atoms with Gasteiger partial charge in [0.05, 0.1) is 5.75 Å². The molecular weight excluding hydrogens is 316 g/mol. The van der Waals surface area contributed by atoms with Crippen LogP contribution in [0.3, 0.4) is 0 Å². The van der Waals surface area contributed by atoms with Gasteiger partial charge in [-0.2, -0.15) is 14.6 Å². The maximum absolute atomic E-state index is 11.2. The number of nitrogens with one attached hydrogen (secondary N) is 1. The number of hydrogen-bond acceptors (Lipinski definition) is 7. The summed E-state index contributed by atoms with van der Waals surface area (Å²) in [6.45, 7) is 4.36. The molecule has 8 nitrogen and oxygen atoms in total. The van der Waals surface area contributed by atoms with Gasteiger partial charge in [0.25, 0.3) is 5.78 Å². The summed E-state index contributed by atoms with van der Waals surface area (Å²) in [6.07, 6.45) is 4.74. The summed E-state index contributed by atoms with van der Waals surface area (Å²) in [7, 11) is -2.89. The van der Waals surface area contributed by atoms with E-state index in [1.165, 1.54) is 12.6 Å². The van der Waals surface area contributed by atoms with Gasteiger partial charge in [-0.3, -0.25) is 0 Å². The van der Waals surface area contributed by atoms with Crippen LogP contribution < -0.4 is 5.32 Å². The fraction of sp³-hybridized carbons (Fsp3) is 0.643. The Morgan fingerprint density at radius 3 is 2.78 bits per heavy atom. The molecule has 3 heterocycles. The lowest BCUT2D eigenvalue weighted by Gasteiger charge is -2.32. The predicted octanol–water partition coefficient (Wildman–Crippen LogP) is 0.354. The van der Waals surface area contributed by atoms with Crippen LogP contribution in [0.5, 0.6) is 0 Å². The normalized spacial score (nSPS) is 17.7. The van der Waals surface area contributed by atoms with Crippen molar-refractivity contribution in [1.82, 2.24) is 24.5 Å². The van der Waals surface area contributed by atoms with Crippen LogP contribution in [-0.2, 0) is 9.84 Å². The quantitative estimate of drug-likeness (QED) is 0.841. The third kappa shape index (κ3) is 4.17. The van der Waals surface area contributed by atoms with Crippen LogP contribution in [0.2, 0.25) is 0 Å². The van der Waals surface area contributed by atoms with Crippen molar-refractivity contribution in [2.45, 2.75) is 25.8 Å². The third-order valence-corrected chi connectivity index (χ3v) is 5.02. The second kappa shape index (κ2) is 6.40. The van der Waals surface area contributed by atoms with Gasteiger partial charge in [0.15, 0.2) is 0 Å². The van der Waals surface area contributed by atoms with Gasteiger partial charge in [-0.1, -0.05) is 0 Å². The van der Waals surface area contributed by atoms with E-state index in [1.807, 2.05) is 13.0 Å². The van der Waals surface area contributed by atoms with E-state index < -0.39 is 9.84 Å². The molecule has 2 aromatic heterocycles. The Morgan fingerprint density at radius 2 is 2.09 bits per heavy atom. The molecule has 0 atom stereocenters. The van der Waals surface area contributed by atoms with Crippen molar-refractivity contribution in [1.29, 1.82) is 0 Å². The first-order chi connectivity index (χ1) is 10.9. The molecule has 1 N–H and O–H groups in total. The minimum absolute atomic E-state index is 0.230. The number of anilines is 1. The Labute approximate surface area is 135 Å². The van der Waals surface area contributed by atoms with Gasteiger partial charge in [-0.15, -0.1) is 0 Å². The van der Waals surface area contributed by atoms with Crippen LogP contribution in [0.25, 0.3) is 5.78 Å². The number of sulfone groups is 1. The van der Waals surface area contributed by atoms with E-state index in [0.717, 1.165) is 37.4 Å². The molecule has 0 radical (unpaired) electrons. The number of aryl methyl sites for hydroxylation is 1.